The Balaban J connectivity index is 0.000000369. The number of halogens is 1. The Morgan fingerprint density at radius 2 is 1.36 bits per heavy atom. The summed E-state index contributed by atoms with van der Waals surface area (Å²) in [6.07, 6.45) is 10.9. The maximum Gasteiger partial charge on any atom is 0.251 e. The Morgan fingerprint density at radius 1 is 0.786 bits per heavy atom. The van der Waals surface area contributed by atoms with Gasteiger partial charge < -0.3 is 35.0 Å². The molecule has 0 aliphatic carbocycles. The molecule has 0 atom stereocenters. The summed E-state index contributed by atoms with van der Waals surface area (Å²) in [6.45, 7) is 2.35. The predicted molar refractivity (Wildman–Crippen MR) is 168 cm³/mol. The van der Waals surface area contributed by atoms with Crippen LogP contribution < -0.4 is 29.6 Å². The molecule has 3 aromatic carbocycles. The van der Waals surface area contributed by atoms with Gasteiger partial charge in [0.15, 0.2) is 23.0 Å². The summed E-state index contributed by atoms with van der Waals surface area (Å²) < 4.78 is 34.2. The molecule has 1 amide bonds. The number of anilines is 1. The molecule has 0 unspecified atom stereocenters. The van der Waals surface area contributed by atoms with Gasteiger partial charge in [-0.15, -0.1) is 0 Å². The zero-order chi connectivity index (χ0) is 30.9. The number of methoxy groups -OCH3 is 4. The summed E-state index contributed by atoms with van der Waals surface area (Å²) in [4.78, 5) is 11.3. The Kier molecular flexibility index (Phi) is 13.9. The maximum absolute atomic E-state index is 13.2. The second-order valence-electron chi connectivity index (χ2n) is 8.54. The van der Waals surface area contributed by atoms with E-state index in [1.807, 2.05) is 67.6 Å². The molecule has 0 aliphatic rings. The first-order chi connectivity index (χ1) is 20.3. The van der Waals surface area contributed by atoms with Gasteiger partial charge in [-0.2, -0.15) is 0 Å². The van der Waals surface area contributed by atoms with Crippen LogP contribution in [0.1, 0.15) is 28.4 Å². The molecule has 0 aromatic heterocycles. The van der Waals surface area contributed by atoms with Crippen LogP contribution in [0.2, 0.25) is 0 Å². The fourth-order valence-corrected chi connectivity index (χ4v) is 3.60. The van der Waals surface area contributed by atoms with Gasteiger partial charge in [-0.25, -0.2) is 4.39 Å². The first kappa shape index (κ1) is 33.2. The zero-order valence-corrected chi connectivity index (χ0v) is 24.8. The van der Waals surface area contributed by atoms with E-state index in [1.165, 1.54) is 6.07 Å². The minimum atomic E-state index is -0.420. The Bertz CT molecular complexity index is 1430. The van der Waals surface area contributed by atoms with E-state index in [-0.39, 0.29) is 5.91 Å². The van der Waals surface area contributed by atoms with Crippen molar-refractivity contribution in [2.45, 2.75) is 6.92 Å². The molecule has 0 spiro atoms. The fraction of sp³-hybridized carbons (Fsp3) is 0.212. The van der Waals surface area contributed by atoms with Crippen LogP contribution in [-0.2, 0) is 0 Å². The number of ether oxygens (including phenoxy) is 4. The molecule has 3 rings (SSSR count). The van der Waals surface area contributed by atoms with Crippen LogP contribution in [0.5, 0.6) is 23.0 Å². The molecule has 0 bridgehead atoms. The van der Waals surface area contributed by atoms with Gasteiger partial charge in [0.1, 0.15) is 5.82 Å². The van der Waals surface area contributed by atoms with Gasteiger partial charge in [0, 0.05) is 19.2 Å². The molecule has 3 aromatic rings. The summed E-state index contributed by atoms with van der Waals surface area (Å²) in [5.74, 6) is 2.03. The quantitative estimate of drug-likeness (QED) is 0.165. The summed E-state index contributed by atoms with van der Waals surface area (Å²) in [5, 5.41) is 13.3. The average molecular weight is 576 g/mol. The van der Waals surface area contributed by atoms with E-state index in [1.54, 1.807) is 59.8 Å². The smallest absolute Gasteiger partial charge is 0.251 e. The molecule has 0 radical (unpaired) electrons. The first-order valence-corrected chi connectivity index (χ1v) is 13.1. The Morgan fingerprint density at radius 3 is 1.86 bits per heavy atom. The molecule has 0 fully saturated rings. The highest BCUT2D eigenvalue weighted by Gasteiger charge is 2.07. The van der Waals surface area contributed by atoms with Crippen molar-refractivity contribution in [3.63, 3.8) is 0 Å². The Labute approximate surface area is 247 Å². The monoisotopic (exact) mass is 575 g/mol. The minimum absolute atomic E-state index is 0.256. The highest BCUT2D eigenvalue weighted by Crippen LogP contribution is 2.29. The molecular formula is C33H38FN3O5. The van der Waals surface area contributed by atoms with Crippen LogP contribution in [0.4, 0.5) is 10.1 Å². The van der Waals surface area contributed by atoms with Gasteiger partial charge in [-0.3, -0.25) is 4.79 Å². The van der Waals surface area contributed by atoms with Gasteiger partial charge in [-0.1, -0.05) is 36.4 Å². The number of carbonyl (C=O) groups excluding carboxylic acids is 1. The van der Waals surface area contributed by atoms with Crippen LogP contribution in [0.15, 0.2) is 78.9 Å². The van der Waals surface area contributed by atoms with Crippen molar-refractivity contribution < 1.29 is 28.1 Å². The van der Waals surface area contributed by atoms with Crippen molar-refractivity contribution >= 4 is 29.5 Å². The number of carbonyl (C=O) groups is 1. The fourth-order valence-electron chi connectivity index (χ4n) is 3.60. The predicted octanol–water partition coefficient (Wildman–Crippen LogP) is 6.64. The molecule has 0 heterocycles. The molecule has 3 N–H and O–H groups in total. The normalized spacial score (nSPS) is 10.7. The average Bonchev–Trinajstić information content (AvgIpc) is 3.02. The van der Waals surface area contributed by atoms with Gasteiger partial charge >= 0.3 is 0 Å². The second kappa shape index (κ2) is 17.6. The molecule has 0 saturated carbocycles. The van der Waals surface area contributed by atoms with Crippen molar-refractivity contribution in [3.8, 4) is 23.0 Å². The molecule has 9 heteroatoms. The topological polar surface area (TPSA) is 102 Å². The van der Waals surface area contributed by atoms with Crippen LogP contribution in [0, 0.1) is 11.2 Å². The highest BCUT2D eigenvalue weighted by molar-refractivity contribution is 6.04. The molecule has 8 nitrogen and oxygen atoms in total. The van der Waals surface area contributed by atoms with Crippen LogP contribution in [0.3, 0.4) is 0 Å². The third kappa shape index (κ3) is 10.2. The molecule has 0 saturated heterocycles. The molecular weight excluding hydrogens is 537 g/mol. The lowest BCUT2D eigenvalue weighted by atomic mass is 10.1. The standard InChI is InChI=1S/C23H25NO4.C10H13FN2O/c1-25-20-13-10-17(15-22(20)27-3)7-5-6-8-19(24)12-9-18-11-14-21(26-2)23(16-18)28-4;1-3-13-10(14)7-4-5-9(12-2)8(11)6-7/h5-16,24H,1-4H3;4-6,12H,3H2,1-2H3,(H,13,14)/b7-5+,8-6+,12-9+,24-19?;. The largest absolute Gasteiger partial charge is 0.493 e. The van der Waals surface area contributed by atoms with Crippen molar-refractivity contribution in [3.05, 3.63) is 101 Å². The third-order valence-electron chi connectivity index (χ3n) is 5.78. The van der Waals surface area contributed by atoms with Gasteiger partial charge in [0.25, 0.3) is 5.91 Å². The number of nitrogens with one attached hydrogen (secondary N) is 3. The van der Waals surface area contributed by atoms with Crippen LogP contribution >= 0.6 is 0 Å². The van der Waals surface area contributed by atoms with E-state index in [4.69, 9.17) is 24.4 Å². The van der Waals surface area contributed by atoms with E-state index < -0.39 is 5.82 Å². The van der Waals surface area contributed by atoms with E-state index in [2.05, 4.69) is 10.6 Å². The summed E-state index contributed by atoms with van der Waals surface area (Å²) in [6, 6.07) is 15.6. The number of hydrogen-bond donors (Lipinski definition) is 3. The van der Waals surface area contributed by atoms with Crippen molar-refractivity contribution in [2.75, 3.05) is 47.3 Å². The second-order valence-corrected chi connectivity index (χ2v) is 8.54. The lowest BCUT2D eigenvalue weighted by Gasteiger charge is -2.07. The van der Waals surface area contributed by atoms with E-state index in [9.17, 15) is 9.18 Å². The Hall–Kier alpha value is -5.05. The van der Waals surface area contributed by atoms with E-state index in [0.29, 0.717) is 46.5 Å². The van der Waals surface area contributed by atoms with Crippen molar-refractivity contribution in [1.82, 2.24) is 5.32 Å². The number of benzene rings is 3. The maximum atomic E-state index is 13.2. The van der Waals surface area contributed by atoms with Gasteiger partial charge in [0.2, 0.25) is 0 Å². The molecule has 42 heavy (non-hydrogen) atoms. The van der Waals surface area contributed by atoms with Crippen molar-refractivity contribution in [2.24, 2.45) is 0 Å². The number of hydrogen-bond acceptors (Lipinski definition) is 7. The molecule has 222 valence electrons. The lowest BCUT2D eigenvalue weighted by molar-refractivity contribution is 0.0955. The van der Waals surface area contributed by atoms with Gasteiger partial charge in [-0.05, 0) is 72.7 Å². The van der Waals surface area contributed by atoms with E-state index in [0.717, 1.165) is 11.1 Å². The number of allylic oxidation sites excluding steroid dienone is 4. The third-order valence-corrected chi connectivity index (χ3v) is 5.78. The summed E-state index contributed by atoms with van der Waals surface area (Å²) in [7, 11) is 8.04. The summed E-state index contributed by atoms with van der Waals surface area (Å²) >= 11 is 0. The van der Waals surface area contributed by atoms with E-state index >= 15 is 0 Å². The minimum Gasteiger partial charge on any atom is -0.493 e. The van der Waals surface area contributed by atoms with Crippen LogP contribution in [0.25, 0.3) is 12.2 Å². The van der Waals surface area contributed by atoms with Crippen molar-refractivity contribution in [1.29, 1.82) is 5.41 Å². The van der Waals surface area contributed by atoms with Crippen LogP contribution in [-0.4, -0.2) is 53.7 Å². The zero-order valence-electron chi connectivity index (χ0n) is 24.8. The summed E-state index contributed by atoms with van der Waals surface area (Å²) in [5.41, 5.74) is 3.01. The molecule has 0 aliphatic heterocycles. The highest BCUT2D eigenvalue weighted by atomic mass is 19.1. The number of rotatable bonds is 12. The first-order valence-electron chi connectivity index (χ1n) is 13.1. The lowest BCUT2D eigenvalue weighted by Crippen LogP contribution is -2.22. The van der Waals surface area contributed by atoms with Gasteiger partial charge in [0.05, 0.1) is 39.8 Å². The SMILES string of the molecule is CCNC(=O)c1ccc(NC)c(F)c1.COc1ccc(/C=C/C=C/C(=N)/C=C/c2ccc(OC)c(OC)c2)cc1OC. The number of amides is 1.